The fourth-order valence-corrected chi connectivity index (χ4v) is 2.31. The van der Waals surface area contributed by atoms with Crippen molar-refractivity contribution in [1.29, 1.82) is 0 Å². The van der Waals surface area contributed by atoms with Gasteiger partial charge in [-0.3, -0.25) is 0 Å². The smallest absolute Gasteiger partial charge is 0.337 e. The molecule has 0 atom stereocenters. The van der Waals surface area contributed by atoms with Crippen LogP contribution in [0.2, 0.25) is 0 Å². The number of hydrogen-bond donors (Lipinski definition) is 2. The molecule has 0 bridgehead atoms. The fraction of sp³-hybridized carbons (Fsp3) is 0.235. The molecule has 2 aromatic carbocycles. The minimum atomic E-state index is -0.964. The van der Waals surface area contributed by atoms with Gasteiger partial charge in [-0.05, 0) is 42.9 Å². The van der Waals surface area contributed by atoms with E-state index in [1.807, 2.05) is 24.3 Å². The van der Waals surface area contributed by atoms with Crippen molar-refractivity contribution in [3.8, 4) is 0 Å². The number of carbonyl (C=O) groups is 1. The predicted octanol–water partition coefficient (Wildman–Crippen LogP) is 3.53. The van der Waals surface area contributed by atoms with Gasteiger partial charge in [-0.2, -0.15) is 0 Å². The van der Waals surface area contributed by atoms with Gasteiger partial charge in [-0.25, -0.2) is 4.79 Å². The van der Waals surface area contributed by atoms with E-state index in [-0.39, 0.29) is 5.56 Å². The van der Waals surface area contributed by atoms with Crippen molar-refractivity contribution in [3.63, 3.8) is 0 Å². The summed E-state index contributed by atoms with van der Waals surface area (Å²) in [5.41, 5.74) is 8.76. The molecule has 20 heavy (non-hydrogen) atoms. The molecule has 104 valence electrons. The third-order valence-electron chi connectivity index (χ3n) is 3.43. The molecule has 0 aliphatic rings. The van der Waals surface area contributed by atoms with Gasteiger partial charge >= 0.3 is 5.97 Å². The molecule has 0 spiro atoms. The standard InChI is InChI=1S/C17H19NO2/c18-16-14(11-6-12-15(16)17(19)20)10-5-4-9-13-7-2-1-3-8-13/h1-3,6-8,11-12H,4-5,9-10,18H2,(H,19,20). The number of aryl methyl sites for hydroxylation is 2. The van der Waals surface area contributed by atoms with Crippen LogP contribution in [0.25, 0.3) is 0 Å². The first-order valence-corrected chi connectivity index (χ1v) is 6.83. The van der Waals surface area contributed by atoms with Gasteiger partial charge < -0.3 is 10.8 Å². The number of anilines is 1. The van der Waals surface area contributed by atoms with Gasteiger partial charge in [0, 0.05) is 5.69 Å². The van der Waals surface area contributed by atoms with Gasteiger partial charge in [0.05, 0.1) is 5.56 Å². The van der Waals surface area contributed by atoms with E-state index in [9.17, 15) is 4.79 Å². The quantitative estimate of drug-likeness (QED) is 0.623. The lowest BCUT2D eigenvalue weighted by Gasteiger charge is -2.08. The highest BCUT2D eigenvalue weighted by molar-refractivity contribution is 5.94. The lowest BCUT2D eigenvalue weighted by molar-refractivity contribution is 0.0698. The lowest BCUT2D eigenvalue weighted by atomic mass is 10.0. The Kier molecular flexibility index (Phi) is 4.77. The van der Waals surface area contributed by atoms with Crippen molar-refractivity contribution < 1.29 is 9.90 Å². The summed E-state index contributed by atoms with van der Waals surface area (Å²) in [5.74, 6) is -0.964. The molecule has 0 heterocycles. The fourth-order valence-electron chi connectivity index (χ4n) is 2.31. The summed E-state index contributed by atoms with van der Waals surface area (Å²) in [4.78, 5) is 11.0. The molecule has 2 rings (SSSR count). The molecule has 0 aliphatic heterocycles. The van der Waals surface area contributed by atoms with E-state index in [1.54, 1.807) is 12.1 Å². The van der Waals surface area contributed by atoms with Gasteiger partial charge in [0.2, 0.25) is 0 Å². The average Bonchev–Trinajstić information content (AvgIpc) is 2.46. The molecule has 3 heteroatoms. The average molecular weight is 269 g/mol. The molecule has 3 nitrogen and oxygen atoms in total. The van der Waals surface area contributed by atoms with Crippen molar-refractivity contribution in [1.82, 2.24) is 0 Å². The highest BCUT2D eigenvalue weighted by Gasteiger charge is 2.10. The van der Waals surface area contributed by atoms with Crippen molar-refractivity contribution in [2.24, 2.45) is 0 Å². The topological polar surface area (TPSA) is 63.3 Å². The second-order valence-electron chi connectivity index (χ2n) is 4.88. The Morgan fingerprint density at radius 2 is 1.65 bits per heavy atom. The predicted molar refractivity (Wildman–Crippen MR) is 80.9 cm³/mol. The number of unbranched alkanes of at least 4 members (excludes halogenated alkanes) is 1. The largest absolute Gasteiger partial charge is 0.478 e. The number of benzene rings is 2. The second-order valence-corrected chi connectivity index (χ2v) is 4.88. The van der Waals surface area contributed by atoms with Crippen LogP contribution in [0.15, 0.2) is 48.5 Å². The molecule has 3 N–H and O–H groups in total. The Hall–Kier alpha value is -2.29. The van der Waals surface area contributed by atoms with E-state index < -0.39 is 5.97 Å². The molecule has 0 fully saturated rings. The summed E-state index contributed by atoms with van der Waals surface area (Å²) in [6, 6.07) is 15.6. The number of para-hydroxylation sites is 1. The van der Waals surface area contributed by atoms with Crippen LogP contribution in [0.5, 0.6) is 0 Å². The van der Waals surface area contributed by atoms with Crippen molar-refractivity contribution >= 4 is 11.7 Å². The summed E-state index contributed by atoms with van der Waals surface area (Å²) in [5, 5.41) is 9.03. The summed E-state index contributed by atoms with van der Waals surface area (Å²) in [6.45, 7) is 0. The van der Waals surface area contributed by atoms with Crippen LogP contribution < -0.4 is 5.73 Å². The van der Waals surface area contributed by atoms with E-state index in [4.69, 9.17) is 10.8 Å². The van der Waals surface area contributed by atoms with E-state index in [1.165, 1.54) is 5.56 Å². The molecule has 2 aromatic rings. The number of nitrogens with two attached hydrogens (primary N) is 1. The van der Waals surface area contributed by atoms with Crippen LogP contribution in [0.4, 0.5) is 5.69 Å². The minimum Gasteiger partial charge on any atom is -0.478 e. The van der Waals surface area contributed by atoms with Crippen molar-refractivity contribution in [2.75, 3.05) is 5.73 Å². The monoisotopic (exact) mass is 269 g/mol. The second kappa shape index (κ2) is 6.75. The highest BCUT2D eigenvalue weighted by Crippen LogP contribution is 2.20. The Morgan fingerprint density at radius 1 is 0.950 bits per heavy atom. The van der Waals surface area contributed by atoms with E-state index in [0.717, 1.165) is 31.2 Å². The maximum absolute atomic E-state index is 11.0. The summed E-state index contributed by atoms with van der Waals surface area (Å²) in [7, 11) is 0. The number of rotatable bonds is 6. The molecular weight excluding hydrogens is 250 g/mol. The summed E-state index contributed by atoms with van der Waals surface area (Å²) < 4.78 is 0. The Bertz CT molecular complexity index is 579. The maximum Gasteiger partial charge on any atom is 0.337 e. The number of nitrogen functional groups attached to an aromatic ring is 1. The number of aromatic carboxylic acids is 1. The van der Waals surface area contributed by atoms with Crippen LogP contribution in [0.1, 0.15) is 34.3 Å². The Balaban J connectivity index is 1.88. The first-order valence-electron chi connectivity index (χ1n) is 6.83. The number of hydrogen-bond acceptors (Lipinski definition) is 2. The molecule has 0 amide bonds. The molecule has 0 unspecified atom stereocenters. The van der Waals surface area contributed by atoms with Gasteiger partial charge in [-0.1, -0.05) is 42.5 Å². The van der Waals surface area contributed by atoms with E-state index in [0.29, 0.717) is 5.69 Å². The van der Waals surface area contributed by atoms with Gasteiger partial charge in [0.15, 0.2) is 0 Å². The lowest BCUT2D eigenvalue weighted by Crippen LogP contribution is -2.05. The van der Waals surface area contributed by atoms with Crippen molar-refractivity contribution in [2.45, 2.75) is 25.7 Å². The summed E-state index contributed by atoms with van der Waals surface area (Å²) in [6.07, 6.45) is 3.93. The number of carboxylic acid groups (broad SMARTS) is 1. The molecule has 0 saturated carbocycles. The highest BCUT2D eigenvalue weighted by atomic mass is 16.4. The SMILES string of the molecule is Nc1c(CCCCc2ccccc2)cccc1C(=O)O. The Labute approximate surface area is 119 Å². The third kappa shape index (κ3) is 3.60. The van der Waals surface area contributed by atoms with Crippen LogP contribution >= 0.6 is 0 Å². The first kappa shape index (κ1) is 14.1. The van der Waals surface area contributed by atoms with Crippen LogP contribution in [0, 0.1) is 0 Å². The Morgan fingerprint density at radius 3 is 2.35 bits per heavy atom. The zero-order valence-corrected chi connectivity index (χ0v) is 11.4. The van der Waals surface area contributed by atoms with Crippen LogP contribution in [-0.2, 0) is 12.8 Å². The molecule has 0 radical (unpaired) electrons. The van der Waals surface area contributed by atoms with Gasteiger partial charge in [0.25, 0.3) is 0 Å². The molecule has 0 aliphatic carbocycles. The molecule has 0 aromatic heterocycles. The first-order chi connectivity index (χ1) is 9.68. The van der Waals surface area contributed by atoms with E-state index in [2.05, 4.69) is 12.1 Å². The third-order valence-corrected chi connectivity index (χ3v) is 3.43. The zero-order chi connectivity index (χ0) is 14.4. The molecule has 0 saturated heterocycles. The van der Waals surface area contributed by atoms with Gasteiger partial charge in [0.1, 0.15) is 0 Å². The van der Waals surface area contributed by atoms with Crippen LogP contribution in [0.3, 0.4) is 0 Å². The number of carboxylic acids is 1. The normalized spacial score (nSPS) is 10.4. The zero-order valence-electron chi connectivity index (χ0n) is 11.4. The van der Waals surface area contributed by atoms with Gasteiger partial charge in [-0.15, -0.1) is 0 Å². The molecular formula is C17H19NO2. The summed E-state index contributed by atoms with van der Waals surface area (Å²) >= 11 is 0. The van der Waals surface area contributed by atoms with Crippen molar-refractivity contribution in [3.05, 3.63) is 65.2 Å². The maximum atomic E-state index is 11.0. The van der Waals surface area contributed by atoms with E-state index >= 15 is 0 Å². The minimum absolute atomic E-state index is 0.200. The van der Waals surface area contributed by atoms with Crippen LogP contribution in [-0.4, -0.2) is 11.1 Å².